The Morgan fingerprint density at radius 3 is 2.66 bits per heavy atom. The molecule has 3 heterocycles. The normalized spacial score (nSPS) is 11.2. The summed E-state index contributed by atoms with van der Waals surface area (Å²) in [5, 5.41) is 14.4. The number of nitrogens with zero attached hydrogens (tertiary/aromatic N) is 2. The maximum absolute atomic E-state index is 11.9. The number of halogens is 1. The molecule has 0 saturated heterocycles. The largest absolute Gasteiger partial charge is 0.477 e. The Hall–Kier alpha value is -2.74. The maximum atomic E-state index is 11.9. The molecule has 164 valence electrons. The number of benzene rings is 1. The lowest BCUT2D eigenvalue weighted by Gasteiger charge is -2.06. The summed E-state index contributed by atoms with van der Waals surface area (Å²) in [7, 11) is 0. The van der Waals surface area contributed by atoms with Crippen LogP contribution in [0.4, 0.5) is 10.8 Å². The topological polar surface area (TPSA) is 75.1 Å². The average molecular weight is 484 g/mol. The standard InChI is InChI=1S/C24H22ClN3O2S2/c1-13(2)9-20-21(15-7-6-14(3)17(25)10-15)28-24(32-20)27-18-11-19(31-22(18)23(29)30)16-5-4-8-26-12-16/h4-8,10-13H,9H2,1-3H3,(H,27,28)(H,29,30). The highest BCUT2D eigenvalue weighted by atomic mass is 35.5. The summed E-state index contributed by atoms with van der Waals surface area (Å²) in [5.74, 6) is -0.520. The highest BCUT2D eigenvalue weighted by Crippen LogP contribution is 2.39. The fraction of sp³-hybridized carbons (Fsp3) is 0.208. The zero-order valence-electron chi connectivity index (χ0n) is 17.8. The van der Waals surface area contributed by atoms with Gasteiger partial charge in [-0.15, -0.1) is 22.7 Å². The number of anilines is 2. The minimum Gasteiger partial charge on any atom is -0.477 e. The van der Waals surface area contributed by atoms with Crippen molar-refractivity contribution in [3.63, 3.8) is 0 Å². The third-order valence-corrected chi connectivity index (χ3v) is 7.42. The van der Waals surface area contributed by atoms with Crippen LogP contribution in [0, 0.1) is 12.8 Å². The van der Waals surface area contributed by atoms with Crippen LogP contribution < -0.4 is 5.32 Å². The molecule has 32 heavy (non-hydrogen) atoms. The molecule has 0 aliphatic heterocycles. The van der Waals surface area contributed by atoms with E-state index in [1.165, 1.54) is 11.3 Å². The van der Waals surface area contributed by atoms with E-state index in [9.17, 15) is 9.90 Å². The van der Waals surface area contributed by atoms with Gasteiger partial charge in [-0.3, -0.25) is 4.98 Å². The number of carboxylic acid groups (broad SMARTS) is 1. The molecular formula is C24H22ClN3O2S2. The molecule has 0 amide bonds. The number of carboxylic acids is 1. The molecule has 0 radical (unpaired) electrons. The van der Waals surface area contributed by atoms with Crippen LogP contribution in [0.3, 0.4) is 0 Å². The first-order valence-corrected chi connectivity index (χ1v) is 12.1. The van der Waals surface area contributed by atoms with E-state index in [0.29, 0.717) is 21.8 Å². The van der Waals surface area contributed by atoms with E-state index in [2.05, 4.69) is 24.1 Å². The SMILES string of the molecule is Cc1ccc(-c2nc(Nc3cc(-c4cccnc4)sc3C(=O)O)sc2CC(C)C)cc1Cl. The molecule has 0 aliphatic rings. The number of thiophene rings is 1. The molecule has 4 rings (SSSR count). The van der Waals surface area contributed by atoms with Crippen molar-refractivity contribution in [2.45, 2.75) is 27.2 Å². The van der Waals surface area contributed by atoms with Gasteiger partial charge < -0.3 is 10.4 Å². The smallest absolute Gasteiger partial charge is 0.348 e. The number of aromatic carboxylic acids is 1. The van der Waals surface area contributed by atoms with Gasteiger partial charge in [-0.2, -0.15) is 0 Å². The second-order valence-electron chi connectivity index (χ2n) is 7.88. The van der Waals surface area contributed by atoms with Crippen molar-refractivity contribution >= 4 is 51.1 Å². The number of rotatable bonds is 7. The molecule has 3 aromatic heterocycles. The molecule has 1 aromatic carbocycles. The van der Waals surface area contributed by atoms with Crippen molar-refractivity contribution in [1.29, 1.82) is 0 Å². The van der Waals surface area contributed by atoms with Gasteiger partial charge in [0.05, 0.1) is 11.4 Å². The monoisotopic (exact) mass is 483 g/mol. The van der Waals surface area contributed by atoms with E-state index in [4.69, 9.17) is 16.6 Å². The van der Waals surface area contributed by atoms with Crippen molar-refractivity contribution in [3.8, 4) is 21.7 Å². The molecule has 0 bridgehead atoms. The Kier molecular flexibility index (Phi) is 6.60. The van der Waals surface area contributed by atoms with Crippen molar-refractivity contribution in [2.75, 3.05) is 5.32 Å². The Bertz CT molecular complexity index is 1270. The maximum Gasteiger partial charge on any atom is 0.348 e. The Morgan fingerprint density at radius 2 is 2.00 bits per heavy atom. The molecule has 4 aromatic rings. The van der Waals surface area contributed by atoms with Crippen molar-refractivity contribution < 1.29 is 9.90 Å². The second-order valence-corrected chi connectivity index (χ2v) is 10.4. The summed E-state index contributed by atoms with van der Waals surface area (Å²) in [6.45, 7) is 6.31. The summed E-state index contributed by atoms with van der Waals surface area (Å²) in [6.07, 6.45) is 4.29. The van der Waals surface area contributed by atoms with Crippen molar-refractivity contribution in [2.24, 2.45) is 5.92 Å². The predicted molar refractivity (Wildman–Crippen MR) is 134 cm³/mol. The van der Waals surface area contributed by atoms with Crippen molar-refractivity contribution in [3.05, 3.63) is 69.1 Å². The van der Waals surface area contributed by atoms with Gasteiger partial charge in [-0.1, -0.05) is 43.6 Å². The number of aryl methyl sites for hydroxylation is 1. The molecule has 5 nitrogen and oxygen atoms in total. The van der Waals surface area contributed by atoms with Crippen LogP contribution >= 0.6 is 34.3 Å². The first kappa shape index (κ1) is 22.5. The summed E-state index contributed by atoms with van der Waals surface area (Å²) < 4.78 is 0. The van der Waals surface area contributed by atoms with Crippen LogP contribution in [0.2, 0.25) is 5.02 Å². The predicted octanol–water partition coefficient (Wildman–Crippen LogP) is 7.54. The lowest BCUT2D eigenvalue weighted by molar-refractivity contribution is 0.0703. The second kappa shape index (κ2) is 9.40. The van der Waals surface area contributed by atoms with Gasteiger partial charge in [0.25, 0.3) is 0 Å². The molecule has 0 aliphatic carbocycles. The number of aromatic nitrogens is 2. The Morgan fingerprint density at radius 1 is 1.19 bits per heavy atom. The van der Waals surface area contributed by atoms with Crippen LogP contribution in [0.25, 0.3) is 21.7 Å². The summed E-state index contributed by atoms with van der Waals surface area (Å²) in [6, 6.07) is 11.5. The van der Waals surface area contributed by atoms with Crippen LogP contribution in [0.1, 0.15) is 34.0 Å². The Labute approximate surface area is 199 Å². The quantitative estimate of drug-likeness (QED) is 0.284. The lowest BCUT2D eigenvalue weighted by atomic mass is 10.0. The Balaban J connectivity index is 1.73. The summed E-state index contributed by atoms with van der Waals surface area (Å²) in [4.78, 5) is 23.1. The minimum atomic E-state index is -0.975. The highest BCUT2D eigenvalue weighted by molar-refractivity contribution is 7.18. The first-order valence-electron chi connectivity index (χ1n) is 10.1. The zero-order valence-corrected chi connectivity index (χ0v) is 20.2. The van der Waals surface area contributed by atoms with Gasteiger partial charge >= 0.3 is 5.97 Å². The van der Waals surface area contributed by atoms with Crippen LogP contribution in [0.5, 0.6) is 0 Å². The highest BCUT2D eigenvalue weighted by Gasteiger charge is 2.20. The molecule has 2 N–H and O–H groups in total. The molecule has 8 heteroatoms. The first-order chi connectivity index (χ1) is 15.3. The average Bonchev–Trinajstić information content (AvgIpc) is 3.35. The number of hydrogen-bond donors (Lipinski definition) is 2. The number of carbonyl (C=O) groups is 1. The molecular weight excluding hydrogens is 462 g/mol. The molecule has 0 unspecified atom stereocenters. The lowest BCUT2D eigenvalue weighted by Crippen LogP contribution is -1.98. The number of nitrogens with one attached hydrogen (secondary N) is 1. The number of thiazole rings is 1. The van der Waals surface area contributed by atoms with Crippen LogP contribution in [-0.2, 0) is 6.42 Å². The molecule has 0 saturated carbocycles. The van der Waals surface area contributed by atoms with Gasteiger partial charge in [0.15, 0.2) is 5.13 Å². The molecule has 0 fully saturated rings. The van der Waals surface area contributed by atoms with E-state index in [-0.39, 0.29) is 4.88 Å². The molecule has 0 atom stereocenters. The number of hydrogen-bond acceptors (Lipinski definition) is 6. The van der Waals surface area contributed by atoms with Gasteiger partial charge in [0.1, 0.15) is 4.88 Å². The van der Waals surface area contributed by atoms with Gasteiger partial charge in [0.2, 0.25) is 0 Å². The van der Waals surface area contributed by atoms with E-state index in [1.54, 1.807) is 23.7 Å². The third-order valence-electron chi connectivity index (χ3n) is 4.85. The zero-order chi connectivity index (χ0) is 22.8. The van der Waals surface area contributed by atoms with Crippen LogP contribution in [-0.4, -0.2) is 21.0 Å². The summed E-state index contributed by atoms with van der Waals surface area (Å²) in [5.41, 5.74) is 4.26. The van der Waals surface area contributed by atoms with E-state index < -0.39 is 5.97 Å². The van der Waals surface area contributed by atoms with E-state index in [0.717, 1.165) is 38.6 Å². The van der Waals surface area contributed by atoms with Gasteiger partial charge in [-0.05, 0) is 43.0 Å². The molecule has 0 spiro atoms. The van der Waals surface area contributed by atoms with Gasteiger partial charge in [-0.25, -0.2) is 9.78 Å². The number of pyridine rings is 1. The summed E-state index contributed by atoms with van der Waals surface area (Å²) >= 11 is 9.13. The van der Waals surface area contributed by atoms with E-state index >= 15 is 0 Å². The fourth-order valence-electron chi connectivity index (χ4n) is 3.29. The van der Waals surface area contributed by atoms with Gasteiger partial charge in [0, 0.05) is 38.3 Å². The van der Waals surface area contributed by atoms with Crippen molar-refractivity contribution in [1.82, 2.24) is 9.97 Å². The minimum absolute atomic E-state index is 0.240. The van der Waals surface area contributed by atoms with Crippen LogP contribution in [0.15, 0.2) is 48.8 Å². The third kappa shape index (κ3) is 4.85. The van der Waals surface area contributed by atoms with E-state index in [1.807, 2.05) is 43.3 Å². The fourth-order valence-corrected chi connectivity index (χ4v) is 5.62.